The highest BCUT2D eigenvalue weighted by Crippen LogP contribution is 2.19. The number of Topliss-reactive ketones (excluding diaryl/α,β-unsaturated/α-hetero) is 1. The van der Waals surface area contributed by atoms with Crippen molar-refractivity contribution in [2.24, 2.45) is 5.73 Å². The van der Waals surface area contributed by atoms with Crippen LogP contribution in [-0.4, -0.2) is 99.2 Å². The second-order valence-corrected chi connectivity index (χ2v) is 19.6. The Kier molecular flexibility index (Phi) is 17.5. The van der Waals surface area contributed by atoms with E-state index in [0.29, 0.717) is 16.7 Å². The molecule has 17 heteroatoms. The zero-order valence-electron chi connectivity index (χ0n) is 41.2. The first-order valence-corrected chi connectivity index (χ1v) is 22.7. The Morgan fingerprint density at radius 3 is 1.38 bits per heavy atom. The molecule has 4 rings (SSSR count). The van der Waals surface area contributed by atoms with Gasteiger partial charge in [-0.2, -0.15) is 0 Å². The van der Waals surface area contributed by atoms with Crippen molar-refractivity contribution in [1.82, 2.24) is 37.2 Å². The first-order valence-electron chi connectivity index (χ1n) is 22.7. The fourth-order valence-electron chi connectivity index (χ4n) is 6.86. The SMILES string of the molecule is CC(=O)C(Cc1ccc2ccccc2c1)NC(=O)C(C)(C)NC(=O)C(C)NC(=O)C(C)(C)NC(=O)C(Cc1ccc(C(=O)c2ccccc2)cc1)NC(=O)C(C)(C)NC(=O)C(C)NC(=O)C(C)(C)N. The van der Waals surface area contributed by atoms with Crippen LogP contribution in [0.2, 0.25) is 0 Å². The predicted molar refractivity (Wildman–Crippen MR) is 262 cm³/mol. The molecule has 9 N–H and O–H groups in total. The van der Waals surface area contributed by atoms with Crippen molar-refractivity contribution in [3.63, 3.8) is 0 Å². The highest BCUT2D eigenvalue weighted by molar-refractivity contribution is 6.09. The van der Waals surface area contributed by atoms with Gasteiger partial charge in [0.1, 0.15) is 34.7 Å². The molecule has 368 valence electrons. The molecule has 0 heterocycles. The van der Waals surface area contributed by atoms with Gasteiger partial charge in [0, 0.05) is 17.5 Å². The Balaban J connectivity index is 1.45. The summed E-state index contributed by atoms with van der Waals surface area (Å²) in [4.78, 5) is 120. The van der Waals surface area contributed by atoms with Crippen LogP contribution in [0.3, 0.4) is 0 Å². The number of nitrogens with two attached hydrogens (primary N) is 1. The minimum atomic E-state index is -1.70. The van der Waals surface area contributed by atoms with E-state index in [9.17, 15) is 43.2 Å². The Morgan fingerprint density at radius 1 is 0.464 bits per heavy atom. The molecule has 4 aromatic carbocycles. The molecule has 17 nitrogen and oxygen atoms in total. The van der Waals surface area contributed by atoms with E-state index in [1.807, 2.05) is 42.5 Å². The highest BCUT2D eigenvalue weighted by Gasteiger charge is 2.39. The van der Waals surface area contributed by atoms with E-state index in [4.69, 9.17) is 5.73 Å². The van der Waals surface area contributed by atoms with E-state index in [1.54, 1.807) is 54.6 Å². The lowest BCUT2D eigenvalue weighted by Crippen LogP contribution is -2.65. The molecule has 0 aliphatic heterocycles. The molecule has 69 heavy (non-hydrogen) atoms. The molecule has 0 aromatic heterocycles. The average molecular weight is 947 g/mol. The zero-order chi connectivity index (χ0) is 51.6. The summed E-state index contributed by atoms with van der Waals surface area (Å²) < 4.78 is 0. The van der Waals surface area contributed by atoms with E-state index < -0.39 is 87.7 Å². The molecular weight excluding hydrogens is 881 g/mol. The fraction of sp³-hybridized carbons (Fsp3) is 0.404. The quantitative estimate of drug-likeness (QED) is 0.0567. The summed E-state index contributed by atoms with van der Waals surface area (Å²) in [7, 11) is 0. The molecule has 7 amide bonds. The number of amides is 7. The van der Waals surface area contributed by atoms with Gasteiger partial charge in [-0.15, -0.1) is 0 Å². The monoisotopic (exact) mass is 946 g/mol. The largest absolute Gasteiger partial charge is 0.344 e. The van der Waals surface area contributed by atoms with Crippen molar-refractivity contribution >= 4 is 63.7 Å². The molecule has 4 unspecified atom stereocenters. The van der Waals surface area contributed by atoms with Gasteiger partial charge in [0.25, 0.3) is 0 Å². The Morgan fingerprint density at radius 2 is 0.870 bits per heavy atom. The zero-order valence-corrected chi connectivity index (χ0v) is 41.2. The van der Waals surface area contributed by atoms with Crippen LogP contribution >= 0.6 is 0 Å². The third-order valence-corrected chi connectivity index (χ3v) is 11.4. The summed E-state index contributed by atoms with van der Waals surface area (Å²) in [5.41, 5.74) is 1.94. The van der Waals surface area contributed by atoms with E-state index in [1.165, 1.54) is 76.2 Å². The van der Waals surface area contributed by atoms with Crippen molar-refractivity contribution in [1.29, 1.82) is 0 Å². The second-order valence-electron chi connectivity index (χ2n) is 19.6. The fourth-order valence-corrected chi connectivity index (χ4v) is 6.86. The number of benzene rings is 4. The van der Waals surface area contributed by atoms with Crippen molar-refractivity contribution in [2.45, 2.75) is 135 Å². The summed E-state index contributed by atoms with van der Waals surface area (Å²) in [6.45, 7) is 15.7. The van der Waals surface area contributed by atoms with E-state index in [2.05, 4.69) is 37.2 Å². The minimum absolute atomic E-state index is 0.125. The van der Waals surface area contributed by atoms with E-state index >= 15 is 0 Å². The van der Waals surface area contributed by atoms with E-state index in [-0.39, 0.29) is 24.4 Å². The number of rotatable bonds is 21. The van der Waals surface area contributed by atoms with Crippen molar-refractivity contribution in [3.05, 3.63) is 119 Å². The summed E-state index contributed by atoms with van der Waals surface area (Å²) in [6.07, 6.45) is 0.0957. The third kappa shape index (κ3) is 15.1. The van der Waals surface area contributed by atoms with Gasteiger partial charge in [-0.1, -0.05) is 97.1 Å². The number of carbonyl (C=O) groups is 9. The Labute approximate surface area is 403 Å². The number of hydrogen-bond donors (Lipinski definition) is 8. The molecule has 0 fully saturated rings. The molecule has 4 aromatic rings. The summed E-state index contributed by atoms with van der Waals surface area (Å²) >= 11 is 0. The van der Waals surface area contributed by atoms with E-state index in [0.717, 1.165) is 16.3 Å². The smallest absolute Gasteiger partial charge is 0.245 e. The number of fused-ring (bicyclic) bond motifs is 1. The van der Waals surface area contributed by atoms with Crippen molar-refractivity contribution in [2.75, 3.05) is 0 Å². The molecule has 0 aliphatic rings. The normalized spacial score (nSPS) is 13.6. The number of ketones is 2. The Bertz CT molecular complexity index is 2580. The summed E-state index contributed by atoms with van der Waals surface area (Å²) in [5.74, 6) is -5.54. The topological polar surface area (TPSA) is 264 Å². The Hall–Kier alpha value is -7.27. The van der Waals surface area contributed by atoms with Crippen LogP contribution in [0, 0.1) is 0 Å². The molecule has 4 atom stereocenters. The highest BCUT2D eigenvalue weighted by atomic mass is 16.2. The molecule has 0 spiro atoms. The van der Waals surface area contributed by atoms with Crippen LogP contribution < -0.4 is 43.0 Å². The lowest BCUT2D eigenvalue weighted by Gasteiger charge is -2.32. The van der Waals surface area contributed by atoms with Gasteiger partial charge >= 0.3 is 0 Å². The van der Waals surface area contributed by atoms with Gasteiger partial charge in [-0.3, -0.25) is 43.2 Å². The molecule has 0 saturated heterocycles. The average Bonchev–Trinajstić information content (AvgIpc) is 3.27. The molecule has 0 aliphatic carbocycles. The van der Waals surface area contributed by atoms with Gasteiger partial charge in [0.2, 0.25) is 41.4 Å². The maximum Gasteiger partial charge on any atom is 0.245 e. The molecule has 0 bridgehead atoms. The molecule has 0 saturated carbocycles. The first kappa shape index (κ1) is 54.3. The lowest BCUT2D eigenvalue weighted by atomic mass is 9.97. The van der Waals surface area contributed by atoms with Crippen LogP contribution in [0.1, 0.15) is 103 Å². The van der Waals surface area contributed by atoms with Crippen molar-refractivity contribution in [3.8, 4) is 0 Å². The third-order valence-electron chi connectivity index (χ3n) is 11.4. The van der Waals surface area contributed by atoms with Crippen LogP contribution in [0.5, 0.6) is 0 Å². The van der Waals surface area contributed by atoms with Crippen LogP contribution in [0.25, 0.3) is 10.8 Å². The number of hydrogen-bond acceptors (Lipinski definition) is 10. The van der Waals surface area contributed by atoms with Gasteiger partial charge in [-0.25, -0.2) is 0 Å². The van der Waals surface area contributed by atoms with Gasteiger partial charge in [-0.05, 0) is 104 Å². The molecule has 0 radical (unpaired) electrons. The van der Waals surface area contributed by atoms with Crippen LogP contribution in [0.15, 0.2) is 97.1 Å². The maximum atomic E-state index is 14.2. The number of nitrogens with one attached hydrogen (secondary N) is 7. The van der Waals surface area contributed by atoms with Crippen LogP contribution in [0.4, 0.5) is 0 Å². The minimum Gasteiger partial charge on any atom is -0.344 e. The lowest BCUT2D eigenvalue weighted by molar-refractivity contribution is -0.138. The van der Waals surface area contributed by atoms with Crippen molar-refractivity contribution < 1.29 is 43.2 Å². The van der Waals surface area contributed by atoms with Crippen LogP contribution in [-0.2, 0) is 51.2 Å². The standard InChI is InChI=1S/C52H66N8O9/c1-30(54-45(66)49(4,5)53)42(63)58-52(10,11)48(69)57-40(28-33-21-25-37(26-22-33)41(62)36-18-13-12-14-19-36)44(65)60-50(6,7)46(67)55-31(2)43(64)59-51(8,9)47(68)56-39(32(3)61)29-34-23-24-35-17-15-16-20-38(35)27-34/h12-27,30-31,39-40H,28-29,53H2,1-11H3,(H,54,66)(H,55,67)(H,56,68)(H,57,69)(H,58,63)(H,59,64)(H,60,65). The van der Waals surface area contributed by atoms with Gasteiger partial charge in [0.05, 0.1) is 11.6 Å². The summed E-state index contributed by atoms with van der Waals surface area (Å²) in [5, 5.41) is 20.4. The first-order chi connectivity index (χ1) is 32.0. The number of carbonyl (C=O) groups excluding carboxylic acids is 9. The predicted octanol–water partition coefficient (Wildman–Crippen LogP) is 2.85. The maximum absolute atomic E-state index is 14.2. The molecular formula is C52H66N8O9. The van der Waals surface area contributed by atoms with Gasteiger partial charge in [0.15, 0.2) is 11.6 Å². The summed E-state index contributed by atoms with van der Waals surface area (Å²) in [6, 6.07) is 24.1. The van der Waals surface area contributed by atoms with Gasteiger partial charge < -0.3 is 43.0 Å². The second kappa shape index (κ2) is 22.2.